The van der Waals surface area contributed by atoms with Crippen LogP contribution in [-0.2, 0) is 15.6 Å². The van der Waals surface area contributed by atoms with E-state index in [-0.39, 0.29) is 0 Å². The highest BCUT2D eigenvalue weighted by atomic mass is 32.2. The smallest absolute Gasteiger partial charge is 0.243 e. The molecule has 0 saturated carbocycles. The Bertz CT molecular complexity index is 804. The summed E-state index contributed by atoms with van der Waals surface area (Å²) < 4.78 is 26.9. The molecule has 134 valence electrons. The zero-order valence-electron chi connectivity index (χ0n) is 14.6. The highest BCUT2D eigenvalue weighted by molar-refractivity contribution is 7.89. The van der Waals surface area contributed by atoms with Gasteiger partial charge < -0.3 is 10.0 Å². The Balaban J connectivity index is 1.68. The van der Waals surface area contributed by atoms with Gasteiger partial charge in [-0.25, -0.2) is 8.42 Å². The molecule has 2 aromatic rings. The van der Waals surface area contributed by atoms with E-state index in [1.165, 1.54) is 0 Å². The van der Waals surface area contributed by atoms with E-state index in [0.717, 1.165) is 11.3 Å². The molecule has 2 aromatic carbocycles. The Hall–Kier alpha value is -1.89. The summed E-state index contributed by atoms with van der Waals surface area (Å²) >= 11 is 0. The van der Waals surface area contributed by atoms with Gasteiger partial charge >= 0.3 is 0 Å². The van der Waals surface area contributed by atoms with Crippen molar-refractivity contribution in [2.75, 3.05) is 31.1 Å². The first-order valence-corrected chi connectivity index (χ1v) is 9.85. The van der Waals surface area contributed by atoms with Crippen LogP contribution in [0.1, 0.15) is 19.4 Å². The summed E-state index contributed by atoms with van der Waals surface area (Å²) in [4.78, 5) is 2.52. The van der Waals surface area contributed by atoms with Gasteiger partial charge in [-0.05, 0) is 43.7 Å². The Morgan fingerprint density at radius 3 is 1.96 bits per heavy atom. The standard InChI is InChI=1S/C19H24N2O3S/c1-19(2,22)16-8-10-17(11-9-16)20-12-14-21(15-13-20)25(23,24)18-6-4-3-5-7-18/h3-11,22H,12-15H2,1-2H3. The summed E-state index contributed by atoms with van der Waals surface area (Å²) in [5.74, 6) is 0. The fourth-order valence-corrected chi connectivity index (χ4v) is 4.45. The van der Waals surface area contributed by atoms with E-state index in [1.807, 2.05) is 30.3 Å². The lowest BCUT2D eigenvalue weighted by atomic mass is 9.98. The second kappa shape index (κ2) is 6.78. The highest BCUT2D eigenvalue weighted by Gasteiger charge is 2.28. The molecule has 1 saturated heterocycles. The van der Waals surface area contributed by atoms with Crippen molar-refractivity contribution in [1.29, 1.82) is 0 Å². The van der Waals surface area contributed by atoms with Crippen LogP contribution in [0.2, 0.25) is 0 Å². The molecule has 1 N–H and O–H groups in total. The molecule has 0 aliphatic carbocycles. The molecule has 1 fully saturated rings. The summed E-state index contributed by atoms with van der Waals surface area (Å²) in [6, 6.07) is 16.4. The van der Waals surface area contributed by atoms with E-state index in [0.29, 0.717) is 31.1 Å². The third kappa shape index (κ3) is 3.86. The van der Waals surface area contributed by atoms with Crippen molar-refractivity contribution in [2.24, 2.45) is 0 Å². The second-order valence-electron chi connectivity index (χ2n) is 6.81. The van der Waals surface area contributed by atoms with Crippen molar-refractivity contribution in [3.05, 3.63) is 60.2 Å². The van der Waals surface area contributed by atoms with Crippen LogP contribution in [0, 0.1) is 0 Å². The lowest BCUT2D eigenvalue weighted by molar-refractivity contribution is 0.0786. The van der Waals surface area contributed by atoms with Gasteiger partial charge in [0.2, 0.25) is 10.0 Å². The zero-order chi connectivity index (χ0) is 18.1. The van der Waals surface area contributed by atoms with Crippen LogP contribution in [0.25, 0.3) is 0 Å². The van der Waals surface area contributed by atoms with Crippen LogP contribution in [0.15, 0.2) is 59.5 Å². The molecule has 1 aliphatic heterocycles. The van der Waals surface area contributed by atoms with E-state index < -0.39 is 15.6 Å². The first-order valence-electron chi connectivity index (χ1n) is 8.41. The van der Waals surface area contributed by atoms with E-state index in [1.54, 1.807) is 42.4 Å². The predicted octanol–water partition coefficient (Wildman–Crippen LogP) is 2.42. The maximum Gasteiger partial charge on any atom is 0.243 e. The SMILES string of the molecule is CC(C)(O)c1ccc(N2CCN(S(=O)(=O)c3ccccc3)CC2)cc1. The topological polar surface area (TPSA) is 60.9 Å². The maximum atomic E-state index is 12.7. The first kappa shape index (κ1) is 17.9. The summed E-state index contributed by atoms with van der Waals surface area (Å²) in [5.41, 5.74) is 1.05. The molecule has 0 amide bonds. The number of nitrogens with zero attached hydrogens (tertiary/aromatic N) is 2. The molecule has 5 nitrogen and oxygen atoms in total. The molecule has 6 heteroatoms. The van der Waals surface area contributed by atoms with E-state index in [9.17, 15) is 13.5 Å². The zero-order valence-corrected chi connectivity index (χ0v) is 15.4. The Kier molecular flexibility index (Phi) is 4.86. The molecule has 0 atom stereocenters. The number of anilines is 1. The van der Waals surface area contributed by atoms with Gasteiger partial charge in [0, 0.05) is 31.9 Å². The Morgan fingerprint density at radius 2 is 1.44 bits per heavy atom. The molecule has 0 bridgehead atoms. The number of rotatable bonds is 4. The molecule has 0 unspecified atom stereocenters. The van der Waals surface area contributed by atoms with Crippen LogP contribution >= 0.6 is 0 Å². The van der Waals surface area contributed by atoms with Gasteiger partial charge in [-0.1, -0.05) is 30.3 Å². The third-order valence-electron chi connectivity index (χ3n) is 4.56. The molecule has 1 heterocycles. The number of hydrogen-bond acceptors (Lipinski definition) is 4. The van der Waals surface area contributed by atoms with Crippen molar-refractivity contribution in [1.82, 2.24) is 4.31 Å². The van der Waals surface area contributed by atoms with Gasteiger partial charge in [-0.3, -0.25) is 0 Å². The summed E-state index contributed by atoms with van der Waals surface area (Å²) in [6.45, 7) is 5.74. The average Bonchev–Trinajstić information content (AvgIpc) is 2.62. The number of piperazine rings is 1. The summed E-state index contributed by atoms with van der Waals surface area (Å²) in [5, 5.41) is 10.0. The molecule has 1 aliphatic rings. The fraction of sp³-hybridized carbons (Fsp3) is 0.368. The van der Waals surface area contributed by atoms with E-state index in [4.69, 9.17) is 0 Å². The monoisotopic (exact) mass is 360 g/mol. The number of sulfonamides is 1. The lowest BCUT2D eigenvalue weighted by Gasteiger charge is -2.35. The Labute approximate surface area is 149 Å². The van der Waals surface area contributed by atoms with E-state index in [2.05, 4.69) is 4.90 Å². The minimum absolute atomic E-state index is 0.345. The highest BCUT2D eigenvalue weighted by Crippen LogP contribution is 2.25. The molecule has 0 spiro atoms. The molecule has 25 heavy (non-hydrogen) atoms. The minimum atomic E-state index is -3.42. The van der Waals surface area contributed by atoms with Crippen molar-refractivity contribution in [3.8, 4) is 0 Å². The van der Waals surface area contributed by atoms with Gasteiger partial charge in [0.1, 0.15) is 0 Å². The number of hydrogen-bond donors (Lipinski definition) is 1. The first-order chi connectivity index (χ1) is 11.8. The van der Waals surface area contributed by atoms with Gasteiger partial charge in [0.25, 0.3) is 0 Å². The predicted molar refractivity (Wildman–Crippen MR) is 99.1 cm³/mol. The van der Waals surface area contributed by atoms with Gasteiger partial charge in [0.05, 0.1) is 10.5 Å². The molecule has 0 radical (unpaired) electrons. The van der Waals surface area contributed by atoms with Crippen molar-refractivity contribution in [2.45, 2.75) is 24.3 Å². The van der Waals surface area contributed by atoms with Gasteiger partial charge in [0.15, 0.2) is 0 Å². The minimum Gasteiger partial charge on any atom is -0.386 e. The third-order valence-corrected chi connectivity index (χ3v) is 6.47. The largest absolute Gasteiger partial charge is 0.386 e. The van der Waals surface area contributed by atoms with Gasteiger partial charge in [-0.2, -0.15) is 4.31 Å². The van der Waals surface area contributed by atoms with Crippen LogP contribution in [0.5, 0.6) is 0 Å². The van der Waals surface area contributed by atoms with Gasteiger partial charge in [-0.15, -0.1) is 0 Å². The average molecular weight is 360 g/mol. The van der Waals surface area contributed by atoms with Crippen LogP contribution < -0.4 is 4.90 Å². The van der Waals surface area contributed by atoms with E-state index >= 15 is 0 Å². The van der Waals surface area contributed by atoms with Crippen molar-refractivity contribution >= 4 is 15.7 Å². The second-order valence-corrected chi connectivity index (χ2v) is 8.75. The number of benzene rings is 2. The lowest BCUT2D eigenvalue weighted by Crippen LogP contribution is -2.48. The van der Waals surface area contributed by atoms with Crippen molar-refractivity contribution < 1.29 is 13.5 Å². The fourth-order valence-electron chi connectivity index (χ4n) is 3.01. The molecular formula is C19H24N2O3S. The molecule has 0 aromatic heterocycles. The maximum absolute atomic E-state index is 12.7. The van der Waals surface area contributed by atoms with Crippen LogP contribution in [0.4, 0.5) is 5.69 Å². The molecule has 3 rings (SSSR count). The normalized spacial score (nSPS) is 16.8. The summed E-state index contributed by atoms with van der Waals surface area (Å²) in [7, 11) is -3.42. The van der Waals surface area contributed by atoms with Crippen LogP contribution in [0.3, 0.4) is 0 Å². The molecular weight excluding hydrogens is 336 g/mol. The van der Waals surface area contributed by atoms with Crippen LogP contribution in [-0.4, -0.2) is 44.0 Å². The number of aliphatic hydroxyl groups is 1. The van der Waals surface area contributed by atoms with Crippen molar-refractivity contribution in [3.63, 3.8) is 0 Å². The summed E-state index contributed by atoms with van der Waals surface area (Å²) in [6.07, 6.45) is 0. The Morgan fingerprint density at radius 1 is 0.880 bits per heavy atom. The quantitative estimate of drug-likeness (QED) is 0.910.